The fourth-order valence-corrected chi connectivity index (χ4v) is 16.5. The van der Waals surface area contributed by atoms with Gasteiger partial charge < -0.3 is 88.7 Å². The van der Waals surface area contributed by atoms with E-state index in [0.29, 0.717) is 38.5 Å². The molecule has 0 bridgehead atoms. The van der Waals surface area contributed by atoms with E-state index in [4.69, 9.17) is 46.9 Å². The molecule has 2 saturated heterocycles. The second kappa shape index (κ2) is 69.6. The van der Waals surface area contributed by atoms with Gasteiger partial charge >= 0.3 is 31.7 Å². The number of allylic oxidation sites excluding steroid dienone is 2. The van der Waals surface area contributed by atoms with E-state index in [9.17, 15) is 74.6 Å². The van der Waals surface area contributed by atoms with Gasteiger partial charge in [-0.15, -0.1) is 0 Å². The van der Waals surface area contributed by atoms with Gasteiger partial charge in [-0.2, -0.15) is 0 Å². The van der Waals surface area contributed by atoms with Gasteiger partial charge in [0.15, 0.2) is 24.8 Å². The van der Waals surface area contributed by atoms with E-state index in [1.54, 1.807) is 0 Å². The topological polar surface area (TPSA) is 380 Å². The molecule has 3 rings (SSSR count). The fraction of sp³-hybridized carbons (Fsp3) is 0.933. The predicted octanol–water partition coefficient (Wildman–Crippen LogP) is 17.2. The van der Waals surface area contributed by atoms with Crippen molar-refractivity contribution >= 4 is 31.7 Å². The van der Waals surface area contributed by atoms with Gasteiger partial charge in [0, 0.05) is 25.7 Å². The number of carbonyl (C=O) groups is 4. The standard InChI is InChI=1S/C90H167O25P/c1-5-9-13-17-21-25-29-33-35-37-41-45-48-52-56-60-64-75(94)109-70(67-106-73(92)62-58-54-50-46-43-40-36-34-30-26-22-18-14-10-6-2)68-108-116(104,105)115-88-86(113-89-83(102)79(98)77(96)71(66-91)110-89)82(101)81(100)85(112-76(95)65-61-57-53-49-44-39-32-28-24-20-16-12-8-4)87(88)114-90-84(103)80(99)78(97)72(111-90)69-107-74(93)63-59-55-51-47-42-38-31-27-23-19-15-11-7-3/h38,42,70-72,77-91,96-103H,5-37,39-41,43-69H2,1-4H3,(H,104,105)/b42-38-. The lowest BCUT2D eigenvalue weighted by atomic mass is 9.84. The Bertz CT molecular complexity index is 2460. The van der Waals surface area contributed by atoms with Crippen LogP contribution in [0.1, 0.15) is 407 Å². The summed E-state index contributed by atoms with van der Waals surface area (Å²) in [6, 6.07) is 0. The minimum absolute atomic E-state index is 0.00428. The Morgan fingerprint density at radius 1 is 0.336 bits per heavy atom. The van der Waals surface area contributed by atoms with Crippen LogP contribution in [0.3, 0.4) is 0 Å². The van der Waals surface area contributed by atoms with Crippen molar-refractivity contribution in [1.82, 2.24) is 0 Å². The molecule has 682 valence electrons. The summed E-state index contributed by atoms with van der Waals surface area (Å²) in [5.74, 6) is -2.96. The number of phosphoric acid groups is 1. The minimum Gasteiger partial charge on any atom is -0.463 e. The Morgan fingerprint density at radius 3 is 1.03 bits per heavy atom. The van der Waals surface area contributed by atoms with Crippen LogP contribution in [0.25, 0.3) is 0 Å². The Hall–Kier alpha value is -2.79. The van der Waals surface area contributed by atoms with Crippen molar-refractivity contribution in [2.75, 3.05) is 26.4 Å². The number of ether oxygens (including phenoxy) is 8. The lowest BCUT2D eigenvalue weighted by molar-refractivity contribution is -0.360. The molecule has 25 nitrogen and oxygen atoms in total. The number of rotatable bonds is 76. The maximum atomic E-state index is 14.9. The number of hydrogen-bond acceptors (Lipinski definition) is 24. The Morgan fingerprint density at radius 2 is 0.647 bits per heavy atom. The normalized spacial score (nSPS) is 25.2. The molecule has 1 saturated carbocycles. The van der Waals surface area contributed by atoms with E-state index >= 15 is 0 Å². The van der Waals surface area contributed by atoms with Gasteiger partial charge in [0.1, 0.15) is 92.6 Å². The Kier molecular flexibility index (Phi) is 64.4. The first kappa shape index (κ1) is 107. The number of aliphatic hydroxyl groups excluding tert-OH is 9. The summed E-state index contributed by atoms with van der Waals surface area (Å²) in [5.41, 5.74) is 0. The van der Waals surface area contributed by atoms with Gasteiger partial charge in [0.2, 0.25) is 0 Å². The number of aliphatic hydroxyl groups is 9. The van der Waals surface area contributed by atoms with E-state index in [1.807, 2.05) is 0 Å². The van der Waals surface area contributed by atoms with Crippen molar-refractivity contribution < 1.29 is 122 Å². The molecule has 3 aliphatic rings. The zero-order valence-corrected chi connectivity index (χ0v) is 73.5. The monoisotopic (exact) mass is 1680 g/mol. The maximum absolute atomic E-state index is 14.9. The lowest BCUT2D eigenvalue weighted by Gasteiger charge is -2.50. The third-order valence-corrected chi connectivity index (χ3v) is 24.0. The molecule has 0 spiro atoms. The van der Waals surface area contributed by atoms with Crippen LogP contribution in [-0.2, 0) is 70.7 Å². The molecule has 0 amide bonds. The third-order valence-electron chi connectivity index (χ3n) is 23.0. The van der Waals surface area contributed by atoms with Crippen molar-refractivity contribution in [2.24, 2.45) is 0 Å². The van der Waals surface area contributed by atoms with Gasteiger partial charge in [0.05, 0.1) is 13.2 Å². The molecule has 0 aromatic rings. The highest BCUT2D eigenvalue weighted by Gasteiger charge is 2.60. The summed E-state index contributed by atoms with van der Waals surface area (Å²) in [7, 11) is -5.80. The number of hydrogen-bond donors (Lipinski definition) is 10. The molecule has 1 aliphatic carbocycles. The number of phosphoric ester groups is 1. The smallest absolute Gasteiger partial charge is 0.463 e. The van der Waals surface area contributed by atoms with Crippen molar-refractivity contribution in [2.45, 2.75) is 511 Å². The molecule has 0 aromatic heterocycles. The second-order valence-electron chi connectivity index (χ2n) is 33.5. The Labute approximate surface area is 699 Å². The molecule has 0 radical (unpaired) electrons. The molecule has 2 heterocycles. The van der Waals surface area contributed by atoms with Crippen molar-refractivity contribution in [3.8, 4) is 0 Å². The third kappa shape index (κ3) is 49.5. The quantitative estimate of drug-likeness (QED) is 0.00889. The van der Waals surface area contributed by atoms with Gasteiger partial charge in [0.25, 0.3) is 0 Å². The average molecular weight is 1680 g/mol. The van der Waals surface area contributed by atoms with E-state index in [1.165, 1.54) is 193 Å². The summed E-state index contributed by atoms with van der Waals surface area (Å²) in [6.07, 6.45) is 27.8. The molecule has 18 atom stereocenters. The Balaban J connectivity index is 1.92. The predicted molar refractivity (Wildman–Crippen MR) is 449 cm³/mol. The first-order valence-electron chi connectivity index (χ1n) is 46.9. The molecular weight excluding hydrogens is 1510 g/mol. The van der Waals surface area contributed by atoms with Crippen molar-refractivity contribution in [3.05, 3.63) is 12.2 Å². The van der Waals surface area contributed by atoms with E-state index in [0.717, 1.165) is 122 Å². The van der Waals surface area contributed by atoms with Gasteiger partial charge in [-0.3, -0.25) is 28.2 Å². The van der Waals surface area contributed by atoms with E-state index in [2.05, 4.69) is 39.8 Å². The van der Waals surface area contributed by atoms with Crippen LogP contribution in [0.2, 0.25) is 0 Å². The fourth-order valence-electron chi connectivity index (χ4n) is 15.5. The van der Waals surface area contributed by atoms with Crippen LogP contribution >= 0.6 is 7.82 Å². The largest absolute Gasteiger partial charge is 0.472 e. The summed E-state index contributed by atoms with van der Waals surface area (Å²) < 4.78 is 73.4. The first-order chi connectivity index (χ1) is 56.2. The summed E-state index contributed by atoms with van der Waals surface area (Å²) in [6.45, 7) is 5.60. The number of esters is 4. The van der Waals surface area contributed by atoms with E-state index < -0.39 is 162 Å². The first-order valence-corrected chi connectivity index (χ1v) is 48.4. The van der Waals surface area contributed by atoms with Crippen molar-refractivity contribution in [3.63, 3.8) is 0 Å². The molecular formula is C90H167O25P. The summed E-state index contributed by atoms with van der Waals surface area (Å²) in [4.78, 5) is 66.4. The highest BCUT2D eigenvalue weighted by molar-refractivity contribution is 7.47. The van der Waals surface area contributed by atoms with Gasteiger partial charge in [-0.05, 0) is 51.4 Å². The molecule has 2 aliphatic heterocycles. The molecule has 26 heteroatoms. The highest BCUT2D eigenvalue weighted by Crippen LogP contribution is 2.49. The van der Waals surface area contributed by atoms with Crippen LogP contribution in [0.4, 0.5) is 0 Å². The number of unbranched alkanes of at least 4 members (excludes halogenated alkanes) is 50. The van der Waals surface area contributed by atoms with Crippen LogP contribution in [0.15, 0.2) is 12.2 Å². The molecule has 10 N–H and O–H groups in total. The van der Waals surface area contributed by atoms with E-state index in [-0.39, 0.29) is 25.7 Å². The van der Waals surface area contributed by atoms with Crippen molar-refractivity contribution in [1.29, 1.82) is 0 Å². The summed E-state index contributed by atoms with van der Waals surface area (Å²) in [5, 5.41) is 102. The SMILES string of the molecule is CCCCCCCC/C=C\CCCCCC(=O)OCC1OC(OC2C(OC(=O)CCCCCCCCCCCCCCC)C(O)C(O)C(OC3OC(CO)C(O)C(O)C3O)C2OP(=O)(O)OCC(COC(=O)CCCCCCCCCCCCCCCCC)OC(=O)CCCCCCCCCCCCCCCCCC)C(O)C(O)C1O. The number of carbonyl (C=O) groups excluding carboxylic acids is 4. The average Bonchev–Trinajstić information content (AvgIpc) is 0.754. The van der Waals surface area contributed by atoms with Gasteiger partial charge in [-0.25, -0.2) is 4.57 Å². The lowest BCUT2D eigenvalue weighted by Crippen LogP contribution is -2.70. The van der Waals surface area contributed by atoms with Crippen LogP contribution in [-0.4, -0.2) is 205 Å². The minimum atomic E-state index is -5.80. The summed E-state index contributed by atoms with van der Waals surface area (Å²) >= 11 is 0. The van der Waals surface area contributed by atoms with Crippen LogP contribution < -0.4 is 0 Å². The molecule has 3 fully saturated rings. The molecule has 0 aromatic carbocycles. The molecule has 116 heavy (non-hydrogen) atoms. The van der Waals surface area contributed by atoms with Crippen LogP contribution in [0, 0.1) is 0 Å². The molecule has 18 unspecified atom stereocenters. The van der Waals surface area contributed by atoms with Gasteiger partial charge in [-0.1, -0.05) is 342 Å². The zero-order valence-electron chi connectivity index (χ0n) is 72.6. The maximum Gasteiger partial charge on any atom is 0.472 e. The van der Waals surface area contributed by atoms with Crippen LogP contribution in [0.5, 0.6) is 0 Å². The second-order valence-corrected chi connectivity index (χ2v) is 34.9. The zero-order chi connectivity index (χ0) is 84.7. The highest BCUT2D eigenvalue weighted by atomic mass is 31.2.